The maximum atomic E-state index is 13.4. The van der Waals surface area contributed by atoms with Gasteiger partial charge in [-0.15, -0.1) is 0 Å². The first-order valence-electron chi connectivity index (χ1n) is 9.20. The maximum Gasteiger partial charge on any atom is 0.262 e. The zero-order valence-electron chi connectivity index (χ0n) is 15.4. The van der Waals surface area contributed by atoms with Gasteiger partial charge in [-0.3, -0.25) is 14.2 Å². The van der Waals surface area contributed by atoms with Crippen LogP contribution >= 0.6 is 11.8 Å². The minimum atomic E-state index is -0.309. The van der Waals surface area contributed by atoms with E-state index >= 15 is 0 Å². The number of hydrogen-bond acceptors (Lipinski definition) is 4. The molecule has 0 atom stereocenters. The minimum Gasteiger partial charge on any atom is -0.370 e. The van der Waals surface area contributed by atoms with Gasteiger partial charge in [-0.2, -0.15) is 0 Å². The van der Waals surface area contributed by atoms with Crippen molar-refractivity contribution in [3.8, 4) is 0 Å². The van der Waals surface area contributed by atoms with E-state index in [2.05, 4.69) is 4.98 Å². The van der Waals surface area contributed by atoms with Crippen molar-refractivity contribution in [1.29, 1.82) is 0 Å². The Morgan fingerprint density at radius 2 is 1.93 bits per heavy atom. The summed E-state index contributed by atoms with van der Waals surface area (Å²) in [5.74, 6) is -0.0724. The number of unbranched alkanes of at least 4 members (excludes halogenated alkanes) is 2. The lowest BCUT2D eigenvalue weighted by atomic mass is 10.2. The number of nitrogens with two attached hydrogens (primary N) is 1. The van der Waals surface area contributed by atoms with Crippen LogP contribution in [-0.2, 0) is 17.1 Å². The molecule has 0 aliphatic heterocycles. The second kappa shape index (κ2) is 9.50. The van der Waals surface area contributed by atoms with Gasteiger partial charge in [0.2, 0.25) is 5.91 Å². The Hall–Kier alpha value is -2.67. The molecule has 3 aromatic rings. The fourth-order valence-electron chi connectivity index (χ4n) is 2.98. The van der Waals surface area contributed by atoms with E-state index < -0.39 is 0 Å². The highest BCUT2D eigenvalue weighted by molar-refractivity contribution is 7.98. The van der Waals surface area contributed by atoms with Crippen LogP contribution < -0.4 is 11.3 Å². The van der Waals surface area contributed by atoms with Crippen LogP contribution in [0.5, 0.6) is 0 Å². The average molecular weight is 399 g/mol. The number of aromatic nitrogens is 2. The smallest absolute Gasteiger partial charge is 0.262 e. The van der Waals surface area contributed by atoms with Gasteiger partial charge in [0.05, 0.1) is 10.9 Å². The van der Waals surface area contributed by atoms with Crippen LogP contribution in [0.4, 0.5) is 4.39 Å². The highest BCUT2D eigenvalue weighted by Crippen LogP contribution is 2.23. The van der Waals surface area contributed by atoms with Gasteiger partial charge in [0.25, 0.3) is 5.56 Å². The maximum absolute atomic E-state index is 13.4. The number of fused-ring (bicyclic) bond motifs is 1. The zero-order chi connectivity index (χ0) is 19.9. The van der Waals surface area contributed by atoms with Crippen molar-refractivity contribution < 1.29 is 9.18 Å². The highest BCUT2D eigenvalue weighted by atomic mass is 32.2. The lowest BCUT2D eigenvalue weighted by Crippen LogP contribution is -2.23. The van der Waals surface area contributed by atoms with Gasteiger partial charge in [0, 0.05) is 18.7 Å². The number of rotatable bonds is 9. The molecule has 146 valence electrons. The summed E-state index contributed by atoms with van der Waals surface area (Å²) >= 11 is 1.42. The lowest BCUT2D eigenvalue weighted by molar-refractivity contribution is -0.118. The van der Waals surface area contributed by atoms with E-state index in [1.165, 1.54) is 23.9 Å². The quantitative estimate of drug-likeness (QED) is 0.337. The molecule has 1 amide bonds. The van der Waals surface area contributed by atoms with Crippen molar-refractivity contribution in [1.82, 2.24) is 9.55 Å². The van der Waals surface area contributed by atoms with Crippen LogP contribution in [0.25, 0.3) is 10.9 Å². The average Bonchev–Trinajstić information content (AvgIpc) is 2.67. The van der Waals surface area contributed by atoms with Crippen LogP contribution in [-0.4, -0.2) is 15.5 Å². The molecule has 0 aliphatic carbocycles. The van der Waals surface area contributed by atoms with Gasteiger partial charge in [-0.1, -0.05) is 42.4 Å². The van der Waals surface area contributed by atoms with Crippen molar-refractivity contribution in [3.05, 3.63) is 70.3 Å². The number of carbonyl (C=O) groups is 1. The molecular formula is C21H22FN3O2S. The predicted molar refractivity (Wildman–Crippen MR) is 110 cm³/mol. The molecule has 0 unspecified atom stereocenters. The number of nitrogens with zero attached hydrogens (tertiary/aromatic N) is 2. The fraction of sp³-hybridized carbons (Fsp3) is 0.286. The van der Waals surface area contributed by atoms with Crippen molar-refractivity contribution in [2.45, 2.75) is 43.1 Å². The molecular weight excluding hydrogens is 377 g/mol. The Bertz CT molecular complexity index is 1040. The van der Waals surface area contributed by atoms with Crippen LogP contribution in [0, 0.1) is 5.82 Å². The number of para-hydroxylation sites is 1. The molecule has 2 N–H and O–H groups in total. The topological polar surface area (TPSA) is 78.0 Å². The van der Waals surface area contributed by atoms with Crippen LogP contribution in [0.15, 0.2) is 58.5 Å². The summed E-state index contributed by atoms with van der Waals surface area (Å²) in [7, 11) is 0. The molecule has 0 aliphatic rings. The first-order chi connectivity index (χ1) is 13.5. The van der Waals surface area contributed by atoms with Gasteiger partial charge < -0.3 is 5.73 Å². The van der Waals surface area contributed by atoms with E-state index in [0.717, 1.165) is 18.4 Å². The van der Waals surface area contributed by atoms with Gasteiger partial charge in [-0.25, -0.2) is 9.37 Å². The number of carbonyl (C=O) groups excluding carboxylic acids is 1. The monoisotopic (exact) mass is 399 g/mol. The summed E-state index contributed by atoms with van der Waals surface area (Å²) in [5, 5.41) is 1.19. The van der Waals surface area contributed by atoms with E-state index in [0.29, 0.717) is 41.2 Å². The Morgan fingerprint density at radius 3 is 2.71 bits per heavy atom. The minimum absolute atomic E-state index is 0.0813. The summed E-state index contributed by atoms with van der Waals surface area (Å²) in [5.41, 5.74) is 6.57. The number of benzene rings is 2. The lowest BCUT2D eigenvalue weighted by Gasteiger charge is -2.13. The summed E-state index contributed by atoms with van der Waals surface area (Å²) in [6.45, 7) is 0.515. The third kappa shape index (κ3) is 5.19. The molecule has 0 saturated heterocycles. The third-order valence-electron chi connectivity index (χ3n) is 4.39. The molecule has 7 heteroatoms. The summed E-state index contributed by atoms with van der Waals surface area (Å²) in [4.78, 5) is 28.5. The molecule has 5 nitrogen and oxygen atoms in total. The van der Waals surface area contributed by atoms with Gasteiger partial charge >= 0.3 is 0 Å². The van der Waals surface area contributed by atoms with E-state index in [1.807, 2.05) is 24.3 Å². The first kappa shape index (κ1) is 20.1. The van der Waals surface area contributed by atoms with E-state index in [-0.39, 0.29) is 17.3 Å². The van der Waals surface area contributed by atoms with Crippen molar-refractivity contribution in [2.75, 3.05) is 0 Å². The van der Waals surface area contributed by atoms with Crippen LogP contribution in [0.1, 0.15) is 31.2 Å². The number of halogens is 1. The fourth-order valence-corrected chi connectivity index (χ4v) is 3.94. The molecule has 3 rings (SSSR count). The van der Waals surface area contributed by atoms with Crippen molar-refractivity contribution in [3.63, 3.8) is 0 Å². The SMILES string of the molecule is NC(=O)CCCCCn1c(SCc2cccc(F)c2)nc2ccccc2c1=O. The van der Waals surface area contributed by atoms with Gasteiger partial charge in [-0.05, 0) is 42.7 Å². The largest absolute Gasteiger partial charge is 0.370 e. The summed E-state index contributed by atoms with van der Waals surface area (Å²) in [6, 6.07) is 13.7. The molecule has 0 bridgehead atoms. The molecule has 0 radical (unpaired) electrons. The molecule has 0 spiro atoms. The Kier molecular flexibility index (Phi) is 6.81. The zero-order valence-corrected chi connectivity index (χ0v) is 16.3. The molecule has 0 fully saturated rings. The Morgan fingerprint density at radius 1 is 1.11 bits per heavy atom. The summed E-state index contributed by atoms with van der Waals surface area (Å²) < 4.78 is 15.1. The molecule has 2 aromatic carbocycles. The third-order valence-corrected chi connectivity index (χ3v) is 5.44. The highest BCUT2D eigenvalue weighted by Gasteiger charge is 2.12. The first-order valence-corrected chi connectivity index (χ1v) is 10.2. The van der Waals surface area contributed by atoms with Crippen molar-refractivity contribution in [2.24, 2.45) is 5.73 Å². The number of hydrogen-bond donors (Lipinski definition) is 1. The molecule has 1 heterocycles. The molecule has 28 heavy (non-hydrogen) atoms. The van der Waals surface area contributed by atoms with Gasteiger partial charge in [0.1, 0.15) is 5.82 Å². The Labute approximate surface area is 166 Å². The summed E-state index contributed by atoms with van der Waals surface area (Å²) in [6.07, 6.45) is 2.61. The second-order valence-electron chi connectivity index (χ2n) is 6.56. The van der Waals surface area contributed by atoms with E-state index in [4.69, 9.17) is 5.73 Å². The number of primary amides is 1. The van der Waals surface area contributed by atoms with Crippen molar-refractivity contribution >= 4 is 28.6 Å². The predicted octanol–water partition coefficient (Wildman–Crippen LogP) is 3.87. The number of thioether (sulfide) groups is 1. The Balaban J connectivity index is 1.81. The van der Waals surface area contributed by atoms with Crippen LogP contribution in [0.3, 0.4) is 0 Å². The standard InChI is InChI=1S/C21H22FN3O2S/c22-16-8-6-7-15(13-16)14-28-21-24-18-10-4-3-9-17(18)20(27)25(21)12-5-1-2-11-19(23)26/h3-4,6-10,13H,1-2,5,11-12,14H2,(H2,23,26). The van der Waals surface area contributed by atoms with E-state index in [9.17, 15) is 14.0 Å². The number of amides is 1. The van der Waals surface area contributed by atoms with E-state index in [1.54, 1.807) is 16.7 Å². The van der Waals surface area contributed by atoms with Gasteiger partial charge in [0.15, 0.2) is 5.16 Å². The van der Waals surface area contributed by atoms with Crippen LogP contribution in [0.2, 0.25) is 0 Å². The normalized spacial score (nSPS) is 11.0. The molecule has 1 aromatic heterocycles. The second-order valence-corrected chi connectivity index (χ2v) is 7.51. The molecule has 0 saturated carbocycles.